The molecule has 1 saturated carbocycles. The molecule has 1 aliphatic carbocycles. The second-order valence-corrected chi connectivity index (χ2v) is 8.03. The fourth-order valence-corrected chi connectivity index (χ4v) is 4.07. The Morgan fingerprint density at radius 1 is 1.17 bits per heavy atom. The highest BCUT2D eigenvalue weighted by molar-refractivity contribution is 6.02. The molecule has 0 bridgehead atoms. The van der Waals surface area contributed by atoms with E-state index >= 15 is 0 Å². The molecule has 30 heavy (non-hydrogen) atoms. The Kier molecular flexibility index (Phi) is 6.31. The van der Waals surface area contributed by atoms with Crippen LogP contribution in [0.2, 0.25) is 0 Å². The molecule has 0 spiro atoms. The fourth-order valence-electron chi connectivity index (χ4n) is 4.07. The van der Waals surface area contributed by atoms with Gasteiger partial charge in [0.2, 0.25) is 5.78 Å². The van der Waals surface area contributed by atoms with Gasteiger partial charge in [-0.15, -0.1) is 0 Å². The second-order valence-electron chi connectivity index (χ2n) is 8.03. The standard InChI is InChI=1S/C24H29N3O3/c1-6-9-26-15(2)11-22(18(26)5)23(28)14-30-24(29)20(13-25)12-19-10-16(3)27(17(19)4)21-7-8-21/h10-12,21H,6-9,14H2,1-5H3/b20-12+. The van der Waals surface area contributed by atoms with Gasteiger partial charge in [0.1, 0.15) is 11.6 Å². The summed E-state index contributed by atoms with van der Waals surface area (Å²) < 4.78 is 9.53. The molecule has 1 aliphatic rings. The van der Waals surface area contributed by atoms with Gasteiger partial charge in [-0.2, -0.15) is 5.26 Å². The van der Waals surface area contributed by atoms with Crippen LogP contribution in [0.25, 0.3) is 6.08 Å². The number of ether oxygens (including phenoxy) is 1. The van der Waals surface area contributed by atoms with Crippen molar-refractivity contribution < 1.29 is 14.3 Å². The van der Waals surface area contributed by atoms with Gasteiger partial charge in [0.15, 0.2) is 6.61 Å². The highest BCUT2D eigenvalue weighted by Crippen LogP contribution is 2.38. The number of aromatic nitrogens is 2. The Balaban J connectivity index is 1.71. The van der Waals surface area contributed by atoms with Crippen molar-refractivity contribution in [3.63, 3.8) is 0 Å². The predicted molar refractivity (Wildman–Crippen MR) is 115 cm³/mol. The molecule has 6 nitrogen and oxygen atoms in total. The zero-order valence-electron chi connectivity index (χ0n) is 18.4. The molecule has 0 saturated heterocycles. The van der Waals surface area contributed by atoms with Gasteiger partial charge >= 0.3 is 5.97 Å². The van der Waals surface area contributed by atoms with E-state index in [4.69, 9.17) is 4.74 Å². The number of nitriles is 1. The second kappa shape index (κ2) is 8.74. The maximum atomic E-state index is 12.6. The molecule has 0 unspecified atom stereocenters. The monoisotopic (exact) mass is 407 g/mol. The van der Waals surface area contributed by atoms with E-state index in [1.165, 1.54) is 0 Å². The molecule has 0 aromatic carbocycles. The molecule has 0 N–H and O–H groups in total. The van der Waals surface area contributed by atoms with Crippen LogP contribution in [-0.4, -0.2) is 27.5 Å². The van der Waals surface area contributed by atoms with Gasteiger partial charge < -0.3 is 13.9 Å². The van der Waals surface area contributed by atoms with E-state index in [0.29, 0.717) is 11.6 Å². The van der Waals surface area contributed by atoms with E-state index < -0.39 is 5.97 Å². The highest BCUT2D eigenvalue weighted by Gasteiger charge is 2.27. The number of esters is 1. The molecule has 1 fully saturated rings. The lowest BCUT2D eigenvalue weighted by atomic mass is 10.1. The summed E-state index contributed by atoms with van der Waals surface area (Å²) in [6.45, 7) is 10.4. The van der Waals surface area contributed by atoms with Crippen LogP contribution in [0, 0.1) is 39.0 Å². The van der Waals surface area contributed by atoms with Crippen LogP contribution in [0.3, 0.4) is 0 Å². The van der Waals surface area contributed by atoms with Crippen molar-refractivity contribution in [2.45, 2.75) is 66.5 Å². The summed E-state index contributed by atoms with van der Waals surface area (Å²) in [4.78, 5) is 25.0. The summed E-state index contributed by atoms with van der Waals surface area (Å²) in [6.07, 6.45) is 4.85. The van der Waals surface area contributed by atoms with Gasteiger partial charge in [0, 0.05) is 40.9 Å². The van der Waals surface area contributed by atoms with Crippen molar-refractivity contribution >= 4 is 17.8 Å². The average molecular weight is 408 g/mol. The zero-order valence-corrected chi connectivity index (χ0v) is 18.4. The minimum atomic E-state index is -0.774. The molecule has 6 heteroatoms. The van der Waals surface area contributed by atoms with Crippen LogP contribution < -0.4 is 0 Å². The van der Waals surface area contributed by atoms with E-state index in [9.17, 15) is 14.9 Å². The molecule has 0 radical (unpaired) electrons. The number of carbonyl (C=O) groups is 2. The van der Waals surface area contributed by atoms with Crippen LogP contribution in [0.1, 0.15) is 70.9 Å². The summed E-state index contributed by atoms with van der Waals surface area (Å²) in [5.74, 6) is -1.03. The van der Waals surface area contributed by atoms with Crippen LogP contribution in [0.15, 0.2) is 17.7 Å². The Labute approximate surface area is 177 Å². The lowest BCUT2D eigenvalue weighted by molar-refractivity contribution is -0.137. The van der Waals surface area contributed by atoms with E-state index in [1.807, 2.05) is 45.9 Å². The van der Waals surface area contributed by atoms with Gasteiger partial charge in [-0.05, 0) is 70.7 Å². The molecular formula is C24H29N3O3. The third-order valence-corrected chi connectivity index (χ3v) is 5.73. The summed E-state index contributed by atoms with van der Waals surface area (Å²) in [7, 11) is 0. The number of nitrogens with zero attached hydrogens (tertiary/aromatic N) is 3. The van der Waals surface area contributed by atoms with Crippen LogP contribution in [-0.2, 0) is 16.1 Å². The molecular weight excluding hydrogens is 378 g/mol. The number of hydrogen-bond donors (Lipinski definition) is 0. The highest BCUT2D eigenvalue weighted by atomic mass is 16.5. The van der Waals surface area contributed by atoms with Crippen molar-refractivity contribution in [1.82, 2.24) is 9.13 Å². The smallest absolute Gasteiger partial charge is 0.349 e. The maximum absolute atomic E-state index is 12.6. The van der Waals surface area contributed by atoms with Gasteiger partial charge in [0.05, 0.1) is 0 Å². The maximum Gasteiger partial charge on any atom is 0.349 e. The molecule has 0 amide bonds. The minimum Gasteiger partial charge on any atom is -0.453 e. The Bertz CT molecular complexity index is 1060. The number of rotatable bonds is 8. The molecule has 2 aromatic heterocycles. The molecule has 0 atom stereocenters. The van der Waals surface area contributed by atoms with E-state index in [0.717, 1.165) is 54.1 Å². The van der Waals surface area contributed by atoms with Crippen LogP contribution in [0.4, 0.5) is 0 Å². The third-order valence-electron chi connectivity index (χ3n) is 5.73. The molecule has 3 rings (SSSR count). The molecule has 0 aliphatic heterocycles. The fraction of sp³-hybridized carbons (Fsp3) is 0.458. The van der Waals surface area contributed by atoms with E-state index in [1.54, 1.807) is 6.08 Å². The van der Waals surface area contributed by atoms with Gasteiger partial charge in [-0.1, -0.05) is 6.92 Å². The first-order chi connectivity index (χ1) is 14.3. The van der Waals surface area contributed by atoms with Gasteiger partial charge in [-0.25, -0.2) is 4.79 Å². The number of ketones is 1. The first-order valence-electron chi connectivity index (χ1n) is 10.5. The first kappa shape index (κ1) is 21.6. The predicted octanol–water partition coefficient (Wildman–Crippen LogP) is 4.60. The normalized spacial score (nSPS) is 13.9. The Hall–Kier alpha value is -3.07. The topological polar surface area (TPSA) is 77.0 Å². The number of carbonyl (C=O) groups excluding carboxylic acids is 2. The van der Waals surface area contributed by atoms with Gasteiger partial charge in [0.25, 0.3) is 0 Å². The number of Topliss-reactive ketones (excluding diaryl/α,β-unsaturated/α-hetero) is 1. The quantitative estimate of drug-likeness (QED) is 0.277. The van der Waals surface area contributed by atoms with Crippen molar-refractivity contribution in [3.8, 4) is 6.07 Å². The molecule has 2 aromatic rings. The van der Waals surface area contributed by atoms with E-state index in [2.05, 4.69) is 16.1 Å². The largest absolute Gasteiger partial charge is 0.453 e. The van der Waals surface area contributed by atoms with E-state index in [-0.39, 0.29) is 18.0 Å². The van der Waals surface area contributed by atoms with Crippen LogP contribution >= 0.6 is 0 Å². The molecule has 2 heterocycles. The lowest BCUT2D eigenvalue weighted by Crippen LogP contribution is -2.16. The summed E-state index contributed by atoms with van der Waals surface area (Å²) in [5, 5.41) is 9.46. The van der Waals surface area contributed by atoms with Gasteiger partial charge in [-0.3, -0.25) is 4.79 Å². The summed E-state index contributed by atoms with van der Waals surface area (Å²) in [6, 6.07) is 6.25. The minimum absolute atomic E-state index is 0.102. The first-order valence-corrected chi connectivity index (χ1v) is 10.5. The lowest BCUT2D eigenvalue weighted by Gasteiger charge is -2.08. The average Bonchev–Trinajstić information content (AvgIpc) is 3.45. The SMILES string of the molecule is CCCn1c(C)cc(C(=O)COC(=O)/C(C#N)=C/c2cc(C)n(C3CC3)c2C)c1C. The number of aryl methyl sites for hydroxylation is 2. The zero-order chi connectivity index (χ0) is 22.0. The Morgan fingerprint density at radius 3 is 2.47 bits per heavy atom. The van der Waals surface area contributed by atoms with Crippen molar-refractivity contribution in [1.29, 1.82) is 5.26 Å². The summed E-state index contributed by atoms with van der Waals surface area (Å²) in [5.41, 5.74) is 5.33. The van der Waals surface area contributed by atoms with Crippen molar-refractivity contribution in [3.05, 3.63) is 51.6 Å². The summed E-state index contributed by atoms with van der Waals surface area (Å²) >= 11 is 0. The van der Waals surface area contributed by atoms with Crippen LogP contribution in [0.5, 0.6) is 0 Å². The Morgan fingerprint density at radius 2 is 1.87 bits per heavy atom. The van der Waals surface area contributed by atoms with Crippen molar-refractivity contribution in [2.75, 3.05) is 6.61 Å². The molecule has 158 valence electrons. The van der Waals surface area contributed by atoms with Crippen molar-refractivity contribution in [2.24, 2.45) is 0 Å². The third kappa shape index (κ3) is 4.25. The number of hydrogen-bond acceptors (Lipinski definition) is 4.